The fraction of sp³-hybridized carbons (Fsp3) is 0.500. The largest absolute Gasteiger partial charge is 0.391 e. The zero-order valence-electron chi connectivity index (χ0n) is 12.4. The summed E-state index contributed by atoms with van der Waals surface area (Å²) in [6, 6.07) is 0. The van der Waals surface area contributed by atoms with E-state index in [1.165, 1.54) is 0 Å². The van der Waals surface area contributed by atoms with Gasteiger partial charge in [-0.3, -0.25) is 9.59 Å². The molecule has 5 N–H and O–H groups in total. The van der Waals surface area contributed by atoms with Crippen LogP contribution in [0.5, 0.6) is 0 Å². The smallest absolute Gasteiger partial charge is 0.378 e. The molecule has 2 aliphatic heterocycles. The summed E-state index contributed by atoms with van der Waals surface area (Å²) in [5.74, 6) is -17.0. The van der Waals surface area contributed by atoms with E-state index in [9.17, 15) is 54.3 Å². The maximum absolute atomic E-state index is 12.0. The highest BCUT2D eigenvalue weighted by molar-refractivity contribution is 6.07. The Morgan fingerprint density at radius 3 is 1.85 bits per heavy atom. The minimum absolute atomic E-state index is 1.70. The first kappa shape index (κ1) is 19.5. The summed E-state index contributed by atoms with van der Waals surface area (Å²) in [4.78, 5) is 70.5. The summed E-state index contributed by atoms with van der Waals surface area (Å²) >= 11 is 0. The van der Waals surface area contributed by atoms with E-state index in [0.29, 0.717) is 0 Å². The van der Waals surface area contributed by atoms with Gasteiger partial charge in [-0.15, -0.1) is 0 Å². The van der Waals surface area contributed by atoms with Gasteiger partial charge in [0.2, 0.25) is 11.2 Å². The van der Waals surface area contributed by atoms with Crippen LogP contribution in [-0.2, 0) is 43.0 Å². The Morgan fingerprint density at radius 2 is 1.27 bits per heavy atom. The zero-order valence-corrected chi connectivity index (χ0v) is 12.4. The molecule has 26 heavy (non-hydrogen) atoms. The first-order valence-corrected chi connectivity index (χ1v) is 6.59. The number of cyclic esters (lactones) is 4. The molecule has 3 atom stereocenters. The third-order valence-electron chi connectivity index (χ3n) is 3.65. The fourth-order valence-corrected chi connectivity index (χ4v) is 2.08. The molecule has 3 unspecified atom stereocenters. The van der Waals surface area contributed by atoms with Crippen LogP contribution in [0.1, 0.15) is 12.8 Å². The molecule has 0 radical (unpaired) electrons. The Labute approximate surface area is 141 Å². The van der Waals surface area contributed by atoms with Gasteiger partial charge in [-0.2, -0.15) is 0 Å². The lowest BCUT2D eigenvalue weighted by Crippen LogP contribution is -2.68. The standard InChI is InChI=1S/C12H10O14/c13-3-1-10(20)5(15)6(16)24-4(14)2-11(21,8(18)26-7(10)17)12(22,23)9(19)25-3/h5,15,20-23H,1-2H2. The lowest BCUT2D eigenvalue weighted by atomic mass is 9.87. The quantitative estimate of drug-likeness (QED) is 0.114. The van der Waals surface area contributed by atoms with E-state index in [0.717, 1.165) is 0 Å². The number of hydrogen-bond acceptors (Lipinski definition) is 14. The van der Waals surface area contributed by atoms with Crippen molar-refractivity contribution in [2.75, 3.05) is 0 Å². The van der Waals surface area contributed by atoms with Gasteiger partial charge in [0.05, 0.1) is 12.8 Å². The van der Waals surface area contributed by atoms with E-state index >= 15 is 0 Å². The van der Waals surface area contributed by atoms with E-state index in [1.807, 2.05) is 0 Å². The van der Waals surface area contributed by atoms with Crippen molar-refractivity contribution < 1.29 is 68.5 Å². The number of aliphatic hydroxyl groups is 5. The van der Waals surface area contributed by atoms with Crippen molar-refractivity contribution in [3.63, 3.8) is 0 Å². The fourth-order valence-electron chi connectivity index (χ4n) is 2.08. The highest BCUT2D eigenvalue weighted by Crippen LogP contribution is 2.32. The van der Waals surface area contributed by atoms with Gasteiger partial charge in [0.1, 0.15) is 0 Å². The molecule has 2 aliphatic rings. The SMILES string of the molecule is O=C1CC2(O)C(=O)OC(=O)C(O)(CC(=O)OC(=O)C2(O)O)C(O)C(=O)O1. The Kier molecular flexibility index (Phi) is 4.43. The van der Waals surface area contributed by atoms with E-state index in [1.54, 1.807) is 0 Å². The minimum Gasteiger partial charge on any atom is -0.391 e. The molecule has 142 valence electrons. The van der Waals surface area contributed by atoms with Crippen LogP contribution in [0.4, 0.5) is 0 Å². The Hall–Kier alpha value is -2.78. The predicted octanol–water partition coefficient (Wildman–Crippen LogP) is -5.49. The third-order valence-corrected chi connectivity index (χ3v) is 3.65. The molecule has 0 amide bonds. The normalized spacial score (nSPS) is 35.7. The maximum Gasteiger partial charge on any atom is 0.378 e. The van der Waals surface area contributed by atoms with Crippen molar-refractivity contribution in [3.8, 4) is 0 Å². The maximum atomic E-state index is 12.0. The van der Waals surface area contributed by atoms with Gasteiger partial charge in [0, 0.05) is 0 Å². The zero-order chi connectivity index (χ0) is 20.1. The summed E-state index contributed by atoms with van der Waals surface area (Å²) in [5.41, 5.74) is -7.56. The molecule has 14 heteroatoms. The molecule has 0 aromatic rings. The average Bonchev–Trinajstić information content (AvgIpc) is 2.51. The second-order valence-corrected chi connectivity index (χ2v) is 5.44. The minimum atomic E-state index is -4.31. The average molecular weight is 378 g/mol. The molecule has 2 fully saturated rings. The van der Waals surface area contributed by atoms with Crippen LogP contribution >= 0.6 is 0 Å². The van der Waals surface area contributed by atoms with Crippen LogP contribution in [0.15, 0.2) is 0 Å². The van der Waals surface area contributed by atoms with Crippen molar-refractivity contribution in [1.29, 1.82) is 0 Å². The monoisotopic (exact) mass is 378 g/mol. The number of hydrogen-bond donors (Lipinski definition) is 5. The highest BCUT2D eigenvalue weighted by Gasteiger charge is 2.67. The molecule has 0 saturated carbocycles. The molecule has 2 rings (SSSR count). The number of rotatable bonds is 0. The number of ether oxygens (including phenoxy) is 3. The molecule has 0 aliphatic carbocycles. The molecule has 0 aromatic carbocycles. The predicted molar refractivity (Wildman–Crippen MR) is 65.6 cm³/mol. The Morgan fingerprint density at radius 1 is 0.731 bits per heavy atom. The summed E-state index contributed by atoms with van der Waals surface area (Å²) in [5, 5.41) is 49.4. The van der Waals surface area contributed by atoms with Crippen molar-refractivity contribution in [1.82, 2.24) is 0 Å². The van der Waals surface area contributed by atoms with Crippen molar-refractivity contribution in [2.45, 2.75) is 35.9 Å². The van der Waals surface area contributed by atoms with Crippen LogP contribution in [0.2, 0.25) is 0 Å². The molecule has 2 heterocycles. The number of esters is 6. The first-order chi connectivity index (χ1) is 11.8. The number of fused-ring (bicyclic) bond motifs is 4. The van der Waals surface area contributed by atoms with Gasteiger partial charge < -0.3 is 39.7 Å². The summed E-state index contributed by atoms with van der Waals surface area (Å²) in [7, 11) is 0. The van der Waals surface area contributed by atoms with E-state index < -0.39 is 71.8 Å². The second-order valence-electron chi connectivity index (χ2n) is 5.44. The van der Waals surface area contributed by atoms with Gasteiger partial charge in [-0.25, -0.2) is 19.2 Å². The number of carbonyl (C=O) groups excluding carboxylic acids is 6. The topological polar surface area (TPSA) is 231 Å². The van der Waals surface area contributed by atoms with E-state index in [2.05, 4.69) is 14.2 Å². The number of carbonyl (C=O) groups is 6. The lowest BCUT2D eigenvalue weighted by Gasteiger charge is -2.37. The van der Waals surface area contributed by atoms with Gasteiger partial charge in [-0.05, 0) is 0 Å². The second kappa shape index (κ2) is 5.89. The van der Waals surface area contributed by atoms with Gasteiger partial charge in [0.15, 0.2) is 6.10 Å². The van der Waals surface area contributed by atoms with Crippen LogP contribution in [0.3, 0.4) is 0 Å². The van der Waals surface area contributed by atoms with Crippen LogP contribution in [-0.4, -0.2) is 84.4 Å². The first-order valence-electron chi connectivity index (χ1n) is 6.59. The number of aliphatic hydroxyl groups excluding tert-OH is 1. The highest BCUT2D eigenvalue weighted by atomic mass is 16.7. The Bertz CT molecular complexity index is 734. The van der Waals surface area contributed by atoms with Crippen LogP contribution in [0.25, 0.3) is 0 Å². The van der Waals surface area contributed by atoms with E-state index in [-0.39, 0.29) is 0 Å². The van der Waals surface area contributed by atoms with Gasteiger partial charge in [-0.1, -0.05) is 0 Å². The summed E-state index contributed by atoms with van der Waals surface area (Å²) in [6.07, 6.45) is -6.51. The molecule has 2 bridgehead atoms. The molecule has 2 saturated heterocycles. The van der Waals surface area contributed by atoms with Gasteiger partial charge >= 0.3 is 41.6 Å². The third kappa shape index (κ3) is 2.74. The van der Waals surface area contributed by atoms with Crippen LogP contribution in [0, 0.1) is 0 Å². The lowest BCUT2D eigenvalue weighted by molar-refractivity contribution is -0.278. The molecular formula is C12H10O14. The molecular weight excluding hydrogens is 368 g/mol. The van der Waals surface area contributed by atoms with Crippen molar-refractivity contribution in [2.24, 2.45) is 0 Å². The Balaban J connectivity index is 2.75. The van der Waals surface area contributed by atoms with Crippen molar-refractivity contribution in [3.05, 3.63) is 0 Å². The summed E-state index contributed by atoms with van der Waals surface area (Å²) < 4.78 is 11.8. The molecule has 0 aromatic heterocycles. The summed E-state index contributed by atoms with van der Waals surface area (Å²) in [6.45, 7) is 0. The van der Waals surface area contributed by atoms with Gasteiger partial charge in [0.25, 0.3) is 0 Å². The van der Waals surface area contributed by atoms with E-state index in [4.69, 9.17) is 0 Å². The van der Waals surface area contributed by atoms with Crippen LogP contribution < -0.4 is 0 Å². The molecule has 14 nitrogen and oxygen atoms in total. The van der Waals surface area contributed by atoms with Crippen molar-refractivity contribution >= 4 is 35.8 Å². The molecule has 0 spiro atoms.